The normalized spacial score (nSPS) is 15.0. The molecule has 7 nitrogen and oxygen atoms in total. The van der Waals surface area contributed by atoms with E-state index in [4.69, 9.17) is 4.99 Å². The van der Waals surface area contributed by atoms with Gasteiger partial charge < -0.3 is 15.1 Å². The van der Waals surface area contributed by atoms with Crippen LogP contribution in [-0.2, 0) is 0 Å². The van der Waals surface area contributed by atoms with E-state index in [0.717, 1.165) is 70.7 Å². The van der Waals surface area contributed by atoms with Crippen molar-refractivity contribution in [2.24, 2.45) is 4.99 Å². The first-order valence-electron chi connectivity index (χ1n) is 10.6. The first kappa shape index (κ1) is 25.6. The minimum absolute atomic E-state index is 0. The summed E-state index contributed by atoms with van der Waals surface area (Å²) in [5, 5.41) is 3.42. The number of anilines is 1. The molecule has 164 valence electrons. The van der Waals surface area contributed by atoms with Crippen LogP contribution in [0.2, 0.25) is 0 Å². The van der Waals surface area contributed by atoms with E-state index >= 15 is 0 Å². The van der Waals surface area contributed by atoms with E-state index in [1.54, 1.807) is 0 Å². The van der Waals surface area contributed by atoms with E-state index in [2.05, 4.69) is 50.5 Å². The van der Waals surface area contributed by atoms with E-state index < -0.39 is 0 Å². The summed E-state index contributed by atoms with van der Waals surface area (Å²) < 4.78 is 0. The summed E-state index contributed by atoms with van der Waals surface area (Å²) in [5.41, 5.74) is 0. The topological polar surface area (TPSA) is 59.9 Å². The van der Waals surface area contributed by atoms with Gasteiger partial charge in [0.1, 0.15) is 0 Å². The Kier molecular flexibility index (Phi) is 13.6. The molecule has 0 atom stereocenters. The largest absolute Gasteiger partial charge is 0.357 e. The Balaban J connectivity index is 0.00000420. The highest BCUT2D eigenvalue weighted by Gasteiger charge is 2.18. The van der Waals surface area contributed by atoms with E-state index in [-0.39, 0.29) is 24.0 Å². The molecular weight excluding hydrogens is 477 g/mol. The number of rotatable bonds is 11. The number of aromatic nitrogens is 2. The molecule has 29 heavy (non-hydrogen) atoms. The maximum absolute atomic E-state index is 4.84. The second-order valence-electron chi connectivity index (χ2n) is 7.17. The molecule has 2 heterocycles. The lowest BCUT2D eigenvalue weighted by Crippen LogP contribution is -2.48. The summed E-state index contributed by atoms with van der Waals surface area (Å²) in [4.78, 5) is 20.5. The fourth-order valence-electron chi connectivity index (χ4n) is 3.31. The minimum atomic E-state index is 0. The third kappa shape index (κ3) is 9.75. The number of guanidine groups is 1. The molecule has 1 aliphatic heterocycles. The molecule has 1 fully saturated rings. The molecule has 0 saturated carbocycles. The van der Waals surface area contributed by atoms with Gasteiger partial charge in [-0.05, 0) is 32.3 Å². The molecule has 0 aliphatic carbocycles. The minimum Gasteiger partial charge on any atom is -0.357 e. The molecule has 0 bridgehead atoms. The number of piperazine rings is 1. The Labute approximate surface area is 193 Å². The summed E-state index contributed by atoms with van der Waals surface area (Å²) >= 11 is 0. The van der Waals surface area contributed by atoms with Crippen LogP contribution in [0, 0.1) is 0 Å². The number of unbranched alkanes of at least 4 members (excludes halogenated alkanes) is 3. The molecule has 8 heteroatoms. The summed E-state index contributed by atoms with van der Waals surface area (Å²) in [6.45, 7) is 13.7. The Bertz CT molecular complexity index is 574. The average molecular weight is 515 g/mol. The molecule has 1 aromatic rings. The molecule has 0 aromatic carbocycles. The van der Waals surface area contributed by atoms with Crippen LogP contribution in [0.3, 0.4) is 0 Å². The number of aliphatic imine (C=N–C) groups is 1. The first-order chi connectivity index (χ1) is 13.7. The molecule has 2 rings (SSSR count). The number of nitrogens with zero attached hydrogens (tertiary/aromatic N) is 6. The average Bonchev–Trinajstić information content (AvgIpc) is 2.74. The van der Waals surface area contributed by atoms with Crippen molar-refractivity contribution in [2.75, 3.05) is 64.3 Å². The molecule has 1 N–H and O–H groups in total. The monoisotopic (exact) mass is 515 g/mol. The van der Waals surface area contributed by atoms with Crippen LogP contribution in [0.5, 0.6) is 0 Å². The molecular formula is C21H38IN7. The lowest BCUT2D eigenvalue weighted by atomic mass is 10.2. The van der Waals surface area contributed by atoms with Gasteiger partial charge in [0.2, 0.25) is 5.95 Å². The summed E-state index contributed by atoms with van der Waals surface area (Å²) in [6, 6.07) is 1.86. The molecule has 0 unspecified atom stereocenters. The molecule has 0 radical (unpaired) electrons. The van der Waals surface area contributed by atoms with Crippen molar-refractivity contribution in [2.45, 2.75) is 32.6 Å². The fraction of sp³-hybridized carbons (Fsp3) is 0.667. The standard InChI is InChI=1S/C21H37N7.HI/c1-4-6-7-8-9-14-26(3)20(22-5-2)25-13-15-27-16-18-28(19-17-27)21-23-11-10-12-24-21;/h4,10-12H,1,5-9,13-19H2,2-3H3,(H,22,25);1H. The van der Waals surface area contributed by atoms with Crippen molar-refractivity contribution in [3.63, 3.8) is 0 Å². The molecule has 0 spiro atoms. The van der Waals surface area contributed by atoms with Crippen molar-refractivity contribution in [3.05, 3.63) is 31.1 Å². The Morgan fingerprint density at radius 3 is 2.59 bits per heavy atom. The quantitative estimate of drug-likeness (QED) is 0.161. The molecule has 1 saturated heterocycles. The zero-order chi connectivity index (χ0) is 20.0. The van der Waals surface area contributed by atoms with Gasteiger partial charge in [0.05, 0.1) is 6.54 Å². The van der Waals surface area contributed by atoms with E-state index in [1.807, 2.05) is 24.5 Å². The van der Waals surface area contributed by atoms with Crippen LogP contribution in [0.15, 0.2) is 36.1 Å². The highest BCUT2D eigenvalue weighted by Crippen LogP contribution is 2.09. The predicted octanol–water partition coefficient (Wildman–Crippen LogP) is 2.86. The lowest BCUT2D eigenvalue weighted by molar-refractivity contribution is 0.263. The summed E-state index contributed by atoms with van der Waals surface area (Å²) in [5.74, 6) is 1.85. The van der Waals surface area contributed by atoms with Gasteiger partial charge in [-0.2, -0.15) is 0 Å². The summed E-state index contributed by atoms with van der Waals surface area (Å²) in [6.07, 6.45) is 10.4. The van der Waals surface area contributed by atoms with Crippen molar-refractivity contribution < 1.29 is 0 Å². The third-order valence-corrected chi connectivity index (χ3v) is 4.98. The van der Waals surface area contributed by atoms with Gasteiger partial charge in [0, 0.05) is 65.3 Å². The van der Waals surface area contributed by atoms with Crippen LogP contribution < -0.4 is 10.2 Å². The van der Waals surface area contributed by atoms with Crippen molar-refractivity contribution >= 4 is 35.9 Å². The van der Waals surface area contributed by atoms with Crippen molar-refractivity contribution in [1.29, 1.82) is 0 Å². The van der Waals surface area contributed by atoms with Gasteiger partial charge in [-0.15, -0.1) is 30.6 Å². The second-order valence-corrected chi connectivity index (χ2v) is 7.17. The molecule has 1 aromatic heterocycles. The van der Waals surface area contributed by atoms with Gasteiger partial charge >= 0.3 is 0 Å². The van der Waals surface area contributed by atoms with E-state index in [0.29, 0.717) is 0 Å². The Morgan fingerprint density at radius 2 is 1.93 bits per heavy atom. The zero-order valence-corrected chi connectivity index (χ0v) is 20.4. The van der Waals surface area contributed by atoms with E-state index in [1.165, 1.54) is 19.3 Å². The van der Waals surface area contributed by atoms with Gasteiger partial charge in [0.15, 0.2) is 5.96 Å². The number of halogens is 1. The van der Waals surface area contributed by atoms with Gasteiger partial charge in [-0.3, -0.25) is 9.89 Å². The van der Waals surface area contributed by atoms with Crippen LogP contribution in [-0.4, -0.2) is 85.1 Å². The third-order valence-electron chi connectivity index (χ3n) is 4.98. The predicted molar refractivity (Wildman–Crippen MR) is 133 cm³/mol. The highest BCUT2D eigenvalue weighted by atomic mass is 127. The smallest absolute Gasteiger partial charge is 0.225 e. The Morgan fingerprint density at radius 1 is 1.21 bits per heavy atom. The maximum Gasteiger partial charge on any atom is 0.225 e. The SMILES string of the molecule is C=CCCCCCN(C)C(=NCCN1CCN(c2ncccn2)CC1)NCC.I. The Hall–Kier alpha value is -1.42. The van der Waals surface area contributed by atoms with Crippen molar-refractivity contribution in [3.8, 4) is 0 Å². The van der Waals surface area contributed by atoms with Crippen LogP contribution in [0.4, 0.5) is 5.95 Å². The van der Waals surface area contributed by atoms with Gasteiger partial charge in [-0.25, -0.2) is 9.97 Å². The number of hydrogen-bond donors (Lipinski definition) is 1. The molecule has 0 amide bonds. The van der Waals surface area contributed by atoms with Crippen LogP contribution in [0.1, 0.15) is 32.6 Å². The number of hydrogen-bond acceptors (Lipinski definition) is 5. The maximum atomic E-state index is 4.84. The van der Waals surface area contributed by atoms with Gasteiger partial charge in [-0.1, -0.05) is 12.5 Å². The van der Waals surface area contributed by atoms with Crippen LogP contribution >= 0.6 is 24.0 Å². The van der Waals surface area contributed by atoms with E-state index in [9.17, 15) is 0 Å². The second kappa shape index (κ2) is 15.4. The number of allylic oxidation sites excluding steroid dienone is 1. The first-order valence-corrected chi connectivity index (χ1v) is 10.6. The zero-order valence-electron chi connectivity index (χ0n) is 18.1. The van der Waals surface area contributed by atoms with Crippen LogP contribution in [0.25, 0.3) is 0 Å². The van der Waals surface area contributed by atoms with Crippen molar-refractivity contribution in [1.82, 2.24) is 25.1 Å². The summed E-state index contributed by atoms with van der Waals surface area (Å²) in [7, 11) is 2.13. The fourth-order valence-corrected chi connectivity index (χ4v) is 3.31. The lowest BCUT2D eigenvalue weighted by Gasteiger charge is -2.34. The molecule has 1 aliphatic rings. The van der Waals surface area contributed by atoms with Gasteiger partial charge in [0.25, 0.3) is 0 Å². The highest BCUT2D eigenvalue weighted by molar-refractivity contribution is 14.0. The number of nitrogens with one attached hydrogen (secondary N) is 1.